The Bertz CT molecular complexity index is 691. The van der Waals surface area contributed by atoms with Gasteiger partial charge in [0.15, 0.2) is 0 Å². The summed E-state index contributed by atoms with van der Waals surface area (Å²) in [7, 11) is 1.14. The third-order valence-corrected chi connectivity index (χ3v) is 3.83. The number of nitrogens with zero attached hydrogens (tertiary/aromatic N) is 1. The number of rotatable bonds is 7. The quantitative estimate of drug-likeness (QED) is 0.468. The minimum atomic E-state index is -1.45. The molecular formula is C17H17ClN2O4. The van der Waals surface area contributed by atoms with Gasteiger partial charge in [0, 0.05) is 15.6 Å². The molecular weight excluding hydrogens is 332 g/mol. The number of benzene rings is 2. The van der Waals surface area contributed by atoms with Gasteiger partial charge in [-0.05, 0) is 29.8 Å². The van der Waals surface area contributed by atoms with Crippen LogP contribution in [0.4, 0.5) is 5.69 Å². The summed E-state index contributed by atoms with van der Waals surface area (Å²) >= 11 is 5.90. The molecule has 0 saturated heterocycles. The summed E-state index contributed by atoms with van der Waals surface area (Å²) in [5.74, 6) is -0.867. The van der Waals surface area contributed by atoms with Gasteiger partial charge < -0.3 is 10.1 Å². The van der Waals surface area contributed by atoms with Crippen LogP contribution in [0, 0.1) is 10.1 Å². The van der Waals surface area contributed by atoms with Gasteiger partial charge in [-0.3, -0.25) is 10.1 Å². The van der Waals surface area contributed by atoms with Crippen LogP contribution in [0.2, 0.25) is 5.02 Å². The van der Waals surface area contributed by atoms with Gasteiger partial charge in [-0.25, -0.2) is 4.79 Å². The number of hydrogen-bond acceptors (Lipinski definition) is 5. The zero-order valence-corrected chi connectivity index (χ0v) is 13.8. The number of nitrogens with one attached hydrogen (secondary N) is 1. The van der Waals surface area contributed by atoms with Crippen molar-refractivity contribution in [1.29, 1.82) is 0 Å². The first-order chi connectivity index (χ1) is 11.5. The number of carbonyl (C=O) groups is 1. The Labute approximate surface area is 144 Å². The molecule has 1 N–H and O–H groups in total. The molecule has 0 bridgehead atoms. The highest BCUT2D eigenvalue weighted by atomic mass is 35.5. The Morgan fingerprint density at radius 2 is 1.83 bits per heavy atom. The number of carbonyl (C=O) groups excluding carboxylic acids is 1. The van der Waals surface area contributed by atoms with Gasteiger partial charge in [0.2, 0.25) is 0 Å². The van der Waals surface area contributed by atoms with Gasteiger partial charge in [-0.2, -0.15) is 0 Å². The maximum atomic E-state index is 11.7. The zero-order chi connectivity index (χ0) is 17.5. The Morgan fingerprint density at radius 1 is 1.21 bits per heavy atom. The first-order valence-electron chi connectivity index (χ1n) is 7.29. The summed E-state index contributed by atoms with van der Waals surface area (Å²) in [6.45, 7) is 0. The standard InChI is InChI=1S/C17H17ClN2O4/c1-24-17(21)16(20(22)23)11-15(12-7-9-13(18)10-8-12)19-14-5-3-2-4-6-14/h2-10,15-16,19H,11H2,1H3. The summed E-state index contributed by atoms with van der Waals surface area (Å²) in [6, 6.07) is 14.3. The molecule has 6 nitrogen and oxygen atoms in total. The topological polar surface area (TPSA) is 81.5 Å². The number of para-hydroxylation sites is 1. The van der Waals surface area contributed by atoms with E-state index in [1.54, 1.807) is 24.3 Å². The maximum Gasteiger partial charge on any atom is 0.381 e. The highest BCUT2D eigenvalue weighted by molar-refractivity contribution is 6.30. The van der Waals surface area contributed by atoms with Crippen LogP contribution in [0.5, 0.6) is 0 Å². The fourth-order valence-electron chi connectivity index (χ4n) is 2.34. The average Bonchev–Trinajstić information content (AvgIpc) is 2.59. The molecule has 0 aliphatic heterocycles. The molecule has 2 rings (SSSR count). The second-order valence-corrected chi connectivity index (χ2v) is 5.61. The van der Waals surface area contributed by atoms with Crippen molar-refractivity contribution in [2.75, 3.05) is 12.4 Å². The van der Waals surface area contributed by atoms with E-state index >= 15 is 0 Å². The molecule has 126 valence electrons. The third-order valence-electron chi connectivity index (χ3n) is 3.57. The van der Waals surface area contributed by atoms with Crippen molar-refractivity contribution in [2.24, 2.45) is 0 Å². The molecule has 0 saturated carbocycles. The SMILES string of the molecule is COC(=O)C(CC(Nc1ccccc1)c1ccc(Cl)cc1)[N+](=O)[O-]. The Hall–Kier alpha value is -2.60. The minimum Gasteiger partial charge on any atom is -0.464 e. The van der Waals surface area contributed by atoms with E-state index in [1.807, 2.05) is 30.3 Å². The number of ether oxygens (including phenoxy) is 1. The third kappa shape index (κ3) is 4.70. The lowest BCUT2D eigenvalue weighted by atomic mass is 9.99. The van der Waals surface area contributed by atoms with Crippen LogP contribution < -0.4 is 5.32 Å². The monoisotopic (exact) mass is 348 g/mol. The van der Waals surface area contributed by atoms with Gasteiger partial charge in [-0.15, -0.1) is 0 Å². The first-order valence-corrected chi connectivity index (χ1v) is 7.67. The van der Waals surface area contributed by atoms with Gasteiger partial charge >= 0.3 is 12.0 Å². The van der Waals surface area contributed by atoms with Crippen LogP contribution >= 0.6 is 11.6 Å². The van der Waals surface area contributed by atoms with Crippen LogP contribution in [0.1, 0.15) is 18.0 Å². The van der Waals surface area contributed by atoms with Crippen molar-refractivity contribution in [2.45, 2.75) is 18.5 Å². The van der Waals surface area contributed by atoms with Gasteiger partial charge in [0.1, 0.15) is 0 Å². The van der Waals surface area contributed by atoms with Gasteiger partial charge in [-0.1, -0.05) is 41.9 Å². The molecule has 2 atom stereocenters. The average molecular weight is 349 g/mol. The second kappa shape index (κ2) is 8.31. The van der Waals surface area contributed by atoms with E-state index in [0.29, 0.717) is 5.02 Å². The van der Waals surface area contributed by atoms with E-state index in [4.69, 9.17) is 11.6 Å². The normalized spacial score (nSPS) is 12.9. The van der Waals surface area contributed by atoms with E-state index in [0.717, 1.165) is 18.4 Å². The van der Waals surface area contributed by atoms with Crippen LogP contribution in [0.3, 0.4) is 0 Å². The summed E-state index contributed by atoms with van der Waals surface area (Å²) in [5.41, 5.74) is 1.59. The number of halogens is 1. The highest BCUT2D eigenvalue weighted by Gasteiger charge is 2.34. The Kier molecular flexibility index (Phi) is 6.14. The van der Waals surface area contributed by atoms with Crippen molar-refractivity contribution in [3.05, 3.63) is 75.3 Å². The van der Waals surface area contributed by atoms with Gasteiger partial charge in [0.25, 0.3) is 0 Å². The first kappa shape index (κ1) is 17.7. The predicted molar refractivity (Wildman–Crippen MR) is 91.7 cm³/mol. The van der Waals surface area contributed by atoms with Crippen molar-refractivity contribution in [3.8, 4) is 0 Å². The molecule has 0 fully saturated rings. The minimum absolute atomic E-state index is 0.0454. The van der Waals surface area contributed by atoms with Crippen LogP contribution in [-0.2, 0) is 9.53 Å². The fourth-order valence-corrected chi connectivity index (χ4v) is 2.46. The van der Waals surface area contributed by atoms with Crippen molar-refractivity contribution >= 4 is 23.3 Å². The fraction of sp³-hybridized carbons (Fsp3) is 0.235. The Balaban J connectivity index is 2.29. The van der Waals surface area contributed by atoms with E-state index in [-0.39, 0.29) is 6.42 Å². The predicted octanol–water partition coefficient (Wildman–Crippen LogP) is 3.70. The van der Waals surface area contributed by atoms with Crippen molar-refractivity contribution in [1.82, 2.24) is 0 Å². The molecule has 0 aromatic heterocycles. The number of methoxy groups -OCH3 is 1. The zero-order valence-electron chi connectivity index (χ0n) is 13.0. The van der Waals surface area contributed by atoms with Crippen LogP contribution in [-0.4, -0.2) is 24.0 Å². The number of hydrogen-bond donors (Lipinski definition) is 1. The van der Waals surface area contributed by atoms with E-state index in [1.165, 1.54) is 0 Å². The van der Waals surface area contributed by atoms with Gasteiger partial charge in [0.05, 0.1) is 19.6 Å². The molecule has 0 spiro atoms. The summed E-state index contributed by atoms with van der Waals surface area (Å²) in [6.07, 6.45) is -0.0454. The highest BCUT2D eigenvalue weighted by Crippen LogP contribution is 2.26. The lowest BCUT2D eigenvalue weighted by molar-refractivity contribution is -0.511. The molecule has 2 unspecified atom stereocenters. The summed E-state index contributed by atoms with van der Waals surface area (Å²) < 4.78 is 4.55. The molecule has 2 aromatic carbocycles. The van der Waals surface area contributed by atoms with Crippen LogP contribution in [0.25, 0.3) is 0 Å². The summed E-state index contributed by atoms with van der Waals surface area (Å²) in [4.78, 5) is 22.3. The number of esters is 1. The molecule has 0 amide bonds. The largest absolute Gasteiger partial charge is 0.464 e. The number of nitro groups is 1. The van der Waals surface area contributed by atoms with E-state index < -0.39 is 23.0 Å². The molecule has 0 aliphatic rings. The van der Waals surface area contributed by atoms with Crippen LogP contribution in [0.15, 0.2) is 54.6 Å². The molecule has 7 heteroatoms. The smallest absolute Gasteiger partial charge is 0.381 e. The lowest BCUT2D eigenvalue weighted by Crippen LogP contribution is -2.34. The van der Waals surface area contributed by atoms with E-state index in [2.05, 4.69) is 10.1 Å². The molecule has 24 heavy (non-hydrogen) atoms. The van der Waals surface area contributed by atoms with Crippen molar-refractivity contribution < 1.29 is 14.5 Å². The second-order valence-electron chi connectivity index (χ2n) is 5.17. The summed E-state index contributed by atoms with van der Waals surface area (Å²) in [5, 5.41) is 15.0. The number of anilines is 1. The molecule has 0 heterocycles. The molecule has 2 aromatic rings. The molecule has 0 radical (unpaired) electrons. The molecule has 0 aliphatic carbocycles. The lowest BCUT2D eigenvalue weighted by Gasteiger charge is -2.21. The maximum absolute atomic E-state index is 11.7. The van der Waals surface area contributed by atoms with E-state index in [9.17, 15) is 14.9 Å². The van der Waals surface area contributed by atoms with Crippen molar-refractivity contribution in [3.63, 3.8) is 0 Å². The Morgan fingerprint density at radius 3 is 2.38 bits per heavy atom.